The van der Waals surface area contributed by atoms with Crippen molar-refractivity contribution in [2.75, 3.05) is 5.32 Å². The molecule has 1 N–H and O–H groups in total. The minimum atomic E-state index is -0.555. The van der Waals surface area contributed by atoms with E-state index in [-0.39, 0.29) is 17.3 Å². The molecule has 1 aromatic carbocycles. The van der Waals surface area contributed by atoms with Gasteiger partial charge in [-0.3, -0.25) is 15.1 Å². The molecular weight excluding hydrogens is 256 g/mol. The van der Waals surface area contributed by atoms with Crippen molar-refractivity contribution in [1.82, 2.24) is 4.98 Å². The van der Waals surface area contributed by atoms with Gasteiger partial charge < -0.3 is 5.32 Å². The van der Waals surface area contributed by atoms with Crippen LogP contribution in [0.2, 0.25) is 0 Å². The van der Waals surface area contributed by atoms with Crippen molar-refractivity contribution in [3.63, 3.8) is 0 Å². The number of hydrogen-bond acceptors (Lipinski definition) is 5. The summed E-state index contributed by atoms with van der Waals surface area (Å²) in [6, 6.07) is 10.0. The van der Waals surface area contributed by atoms with Crippen molar-refractivity contribution in [2.45, 2.75) is 13.0 Å². The molecule has 2 aromatic rings. The number of nitro groups is 1. The average Bonchev–Trinajstić information content (AvgIpc) is 2.48. The van der Waals surface area contributed by atoms with E-state index < -0.39 is 4.92 Å². The fraction of sp³-hybridized carbons (Fsp3) is 0.143. The number of nitro benzene ring substituents is 1. The van der Waals surface area contributed by atoms with Crippen LogP contribution in [0.3, 0.4) is 0 Å². The van der Waals surface area contributed by atoms with Crippen molar-refractivity contribution in [2.24, 2.45) is 0 Å². The van der Waals surface area contributed by atoms with Gasteiger partial charge in [0, 0.05) is 30.2 Å². The van der Waals surface area contributed by atoms with Crippen LogP contribution >= 0.6 is 0 Å². The zero-order valence-electron chi connectivity index (χ0n) is 10.8. The molecule has 0 radical (unpaired) electrons. The number of anilines is 1. The normalized spacial score (nSPS) is 11.4. The van der Waals surface area contributed by atoms with Gasteiger partial charge in [-0.1, -0.05) is 0 Å². The molecule has 0 spiro atoms. The van der Waals surface area contributed by atoms with Gasteiger partial charge in [0.2, 0.25) is 0 Å². The van der Waals surface area contributed by atoms with Crippen LogP contribution in [0, 0.1) is 21.4 Å². The molecule has 1 unspecified atom stereocenters. The number of nitrogens with one attached hydrogen (secondary N) is 1. The van der Waals surface area contributed by atoms with Crippen molar-refractivity contribution >= 4 is 11.4 Å². The lowest BCUT2D eigenvalue weighted by molar-refractivity contribution is -0.385. The monoisotopic (exact) mass is 268 g/mol. The highest BCUT2D eigenvalue weighted by Crippen LogP contribution is 2.25. The molecule has 1 atom stereocenters. The Morgan fingerprint density at radius 2 is 2.05 bits per heavy atom. The highest BCUT2D eigenvalue weighted by molar-refractivity contribution is 5.59. The number of nitriles is 1. The first-order valence-corrected chi connectivity index (χ1v) is 5.97. The zero-order chi connectivity index (χ0) is 14.5. The standard InChI is InChI=1S/C14H12N4O2/c1-10(11-4-6-16-7-5-11)17-13-3-2-12(9-15)14(8-13)18(19)20/h2-8,10,17H,1H3. The van der Waals surface area contributed by atoms with Crippen LogP contribution in [0.1, 0.15) is 24.1 Å². The number of aromatic nitrogens is 1. The van der Waals surface area contributed by atoms with E-state index >= 15 is 0 Å². The second-order valence-electron chi connectivity index (χ2n) is 4.25. The molecule has 0 bridgehead atoms. The Balaban J connectivity index is 2.25. The van der Waals surface area contributed by atoms with Gasteiger partial charge in [-0.15, -0.1) is 0 Å². The lowest BCUT2D eigenvalue weighted by Crippen LogP contribution is -2.07. The third-order valence-electron chi connectivity index (χ3n) is 2.90. The lowest BCUT2D eigenvalue weighted by atomic mass is 10.1. The topological polar surface area (TPSA) is 91.8 Å². The van der Waals surface area contributed by atoms with E-state index in [4.69, 9.17) is 5.26 Å². The predicted octanol–water partition coefficient (Wildman–Crippen LogP) is 3.03. The van der Waals surface area contributed by atoms with Gasteiger partial charge in [0.05, 0.1) is 4.92 Å². The first kappa shape index (κ1) is 13.5. The van der Waals surface area contributed by atoms with Gasteiger partial charge in [0.1, 0.15) is 11.6 Å². The third-order valence-corrected chi connectivity index (χ3v) is 2.90. The largest absolute Gasteiger partial charge is 0.378 e. The van der Waals surface area contributed by atoms with Crippen LogP contribution < -0.4 is 5.32 Å². The molecule has 1 aromatic heterocycles. The van der Waals surface area contributed by atoms with Crippen LogP contribution in [0.5, 0.6) is 0 Å². The second-order valence-corrected chi connectivity index (χ2v) is 4.25. The highest BCUT2D eigenvalue weighted by Gasteiger charge is 2.15. The Morgan fingerprint density at radius 3 is 2.65 bits per heavy atom. The van der Waals surface area contributed by atoms with Crippen molar-refractivity contribution < 1.29 is 4.92 Å². The van der Waals surface area contributed by atoms with Gasteiger partial charge in [0.15, 0.2) is 0 Å². The first-order chi connectivity index (χ1) is 9.61. The maximum Gasteiger partial charge on any atom is 0.289 e. The maximum atomic E-state index is 10.9. The van der Waals surface area contributed by atoms with Crippen LogP contribution in [0.25, 0.3) is 0 Å². The molecule has 0 saturated carbocycles. The van der Waals surface area contributed by atoms with Crippen LogP contribution in [-0.2, 0) is 0 Å². The molecule has 0 fully saturated rings. The number of pyridine rings is 1. The molecule has 1 heterocycles. The van der Waals surface area contributed by atoms with E-state index in [2.05, 4.69) is 10.3 Å². The quantitative estimate of drug-likeness (QED) is 0.679. The minimum absolute atomic E-state index is 0.0226. The van der Waals surface area contributed by atoms with Gasteiger partial charge in [-0.2, -0.15) is 5.26 Å². The number of benzene rings is 1. The Hall–Kier alpha value is -2.94. The van der Waals surface area contributed by atoms with Crippen LogP contribution in [0.15, 0.2) is 42.7 Å². The van der Waals surface area contributed by atoms with Crippen LogP contribution in [-0.4, -0.2) is 9.91 Å². The SMILES string of the molecule is CC(Nc1ccc(C#N)c([N+](=O)[O-])c1)c1ccncc1. The number of hydrogen-bond donors (Lipinski definition) is 1. The molecule has 6 nitrogen and oxygen atoms in total. The molecule has 100 valence electrons. The lowest BCUT2D eigenvalue weighted by Gasteiger charge is -2.15. The van der Waals surface area contributed by atoms with Gasteiger partial charge in [-0.05, 0) is 36.8 Å². The first-order valence-electron chi connectivity index (χ1n) is 5.97. The van der Waals surface area contributed by atoms with Gasteiger partial charge >= 0.3 is 0 Å². The van der Waals surface area contributed by atoms with E-state index in [0.717, 1.165) is 5.56 Å². The van der Waals surface area contributed by atoms with Gasteiger partial charge in [0.25, 0.3) is 5.69 Å². The Kier molecular flexibility index (Phi) is 3.91. The van der Waals surface area contributed by atoms with Gasteiger partial charge in [-0.25, -0.2) is 0 Å². The smallest absolute Gasteiger partial charge is 0.289 e. The van der Waals surface area contributed by atoms with Crippen LogP contribution in [0.4, 0.5) is 11.4 Å². The molecule has 0 saturated heterocycles. The van der Waals surface area contributed by atoms with E-state index in [9.17, 15) is 10.1 Å². The maximum absolute atomic E-state index is 10.9. The predicted molar refractivity (Wildman–Crippen MR) is 74.1 cm³/mol. The second kappa shape index (κ2) is 5.80. The molecule has 0 aliphatic rings. The molecule has 2 rings (SSSR count). The van der Waals surface area contributed by atoms with Crippen molar-refractivity contribution in [1.29, 1.82) is 5.26 Å². The van der Waals surface area contributed by atoms with E-state index in [1.807, 2.05) is 25.1 Å². The summed E-state index contributed by atoms with van der Waals surface area (Å²) in [5.41, 5.74) is 1.48. The van der Waals surface area contributed by atoms with Crippen molar-refractivity contribution in [3.8, 4) is 6.07 Å². The fourth-order valence-electron chi connectivity index (χ4n) is 1.85. The number of rotatable bonds is 4. The fourth-order valence-corrected chi connectivity index (χ4v) is 1.85. The van der Waals surface area contributed by atoms with Crippen molar-refractivity contribution in [3.05, 3.63) is 64.0 Å². The minimum Gasteiger partial charge on any atom is -0.378 e. The molecule has 6 heteroatoms. The number of nitrogens with zero attached hydrogens (tertiary/aromatic N) is 3. The summed E-state index contributed by atoms with van der Waals surface area (Å²) < 4.78 is 0. The molecule has 0 aliphatic carbocycles. The molecule has 0 amide bonds. The highest BCUT2D eigenvalue weighted by atomic mass is 16.6. The van der Waals surface area contributed by atoms with E-state index in [1.165, 1.54) is 12.1 Å². The summed E-state index contributed by atoms with van der Waals surface area (Å²) in [7, 11) is 0. The summed E-state index contributed by atoms with van der Waals surface area (Å²) in [6.45, 7) is 1.94. The summed E-state index contributed by atoms with van der Waals surface area (Å²) in [5.74, 6) is 0. The average molecular weight is 268 g/mol. The zero-order valence-corrected chi connectivity index (χ0v) is 10.8. The summed E-state index contributed by atoms with van der Waals surface area (Å²) >= 11 is 0. The summed E-state index contributed by atoms with van der Waals surface area (Å²) in [5, 5.41) is 22.9. The molecular formula is C14H12N4O2. The van der Waals surface area contributed by atoms with E-state index in [1.54, 1.807) is 18.5 Å². The Labute approximate surface area is 115 Å². The molecule has 0 aliphatic heterocycles. The summed E-state index contributed by atoms with van der Waals surface area (Å²) in [4.78, 5) is 14.3. The Morgan fingerprint density at radius 1 is 1.35 bits per heavy atom. The van der Waals surface area contributed by atoms with E-state index in [0.29, 0.717) is 5.69 Å². The third kappa shape index (κ3) is 2.90. The Bertz CT molecular complexity index is 665. The molecule has 20 heavy (non-hydrogen) atoms. The summed E-state index contributed by atoms with van der Waals surface area (Å²) in [6.07, 6.45) is 3.38.